The molecule has 3 rings (SSSR count). The second-order valence-electron chi connectivity index (χ2n) is 5.54. The smallest absolute Gasteiger partial charge is 0.0558 e. The van der Waals surface area contributed by atoms with Crippen molar-refractivity contribution in [2.45, 2.75) is 25.8 Å². The van der Waals surface area contributed by atoms with E-state index in [2.05, 4.69) is 9.88 Å². The third kappa shape index (κ3) is 2.68. The molecule has 0 aromatic carbocycles. The van der Waals surface area contributed by atoms with Gasteiger partial charge in [0.1, 0.15) is 0 Å². The van der Waals surface area contributed by atoms with Gasteiger partial charge in [0.15, 0.2) is 0 Å². The van der Waals surface area contributed by atoms with Crippen LogP contribution in [-0.4, -0.2) is 36.2 Å². The molecule has 1 aromatic heterocycles. The third-order valence-electron chi connectivity index (χ3n) is 4.24. The molecule has 1 aromatic rings. The summed E-state index contributed by atoms with van der Waals surface area (Å²) in [4.78, 5) is 6.89. The highest BCUT2D eigenvalue weighted by Gasteiger charge is 2.39. The van der Waals surface area contributed by atoms with Crippen molar-refractivity contribution in [1.29, 1.82) is 0 Å². The number of nitrogens with zero attached hydrogens (tertiary/aromatic N) is 2. The van der Waals surface area contributed by atoms with E-state index in [9.17, 15) is 0 Å². The van der Waals surface area contributed by atoms with Crippen LogP contribution in [0.25, 0.3) is 0 Å². The van der Waals surface area contributed by atoms with E-state index < -0.39 is 0 Å². The van der Waals surface area contributed by atoms with Gasteiger partial charge in [-0.25, -0.2) is 0 Å². The maximum absolute atomic E-state index is 6.00. The minimum absolute atomic E-state index is 0.511. The monoisotopic (exact) mass is 266 g/mol. The van der Waals surface area contributed by atoms with Crippen LogP contribution in [-0.2, 0) is 11.3 Å². The Morgan fingerprint density at radius 3 is 2.94 bits per heavy atom. The minimum Gasteiger partial charge on any atom is -0.381 e. The quantitative estimate of drug-likeness (QED) is 0.823. The van der Waals surface area contributed by atoms with E-state index in [1.807, 2.05) is 12.1 Å². The lowest BCUT2D eigenvalue weighted by Crippen LogP contribution is -2.32. The summed E-state index contributed by atoms with van der Waals surface area (Å²) in [5.74, 6) is 0. The first-order valence-corrected chi connectivity index (χ1v) is 7.04. The zero-order valence-corrected chi connectivity index (χ0v) is 11.3. The number of halogens is 1. The standard InChI is InChI=1S/C14H19ClN2O/c15-12-1-5-16-13(9-12)10-17-6-2-14(11-17)3-7-18-8-4-14/h1,5,9H,2-4,6-8,10-11H2. The molecule has 2 saturated heterocycles. The zero-order chi connectivity index (χ0) is 12.4. The Morgan fingerprint density at radius 1 is 1.33 bits per heavy atom. The van der Waals surface area contributed by atoms with Crippen LogP contribution in [0.3, 0.4) is 0 Å². The van der Waals surface area contributed by atoms with Gasteiger partial charge in [-0.05, 0) is 43.4 Å². The summed E-state index contributed by atoms with van der Waals surface area (Å²) >= 11 is 6.00. The van der Waals surface area contributed by atoms with E-state index in [-0.39, 0.29) is 0 Å². The predicted molar refractivity (Wildman–Crippen MR) is 71.6 cm³/mol. The van der Waals surface area contributed by atoms with E-state index in [0.717, 1.165) is 30.5 Å². The Balaban J connectivity index is 1.62. The fraction of sp³-hybridized carbons (Fsp3) is 0.643. The Bertz CT molecular complexity index is 418. The SMILES string of the molecule is Clc1ccnc(CN2CCC3(CCOCC3)C2)c1. The highest BCUT2D eigenvalue weighted by molar-refractivity contribution is 6.30. The molecule has 0 atom stereocenters. The van der Waals surface area contributed by atoms with Crippen molar-refractivity contribution >= 4 is 11.6 Å². The van der Waals surface area contributed by atoms with E-state index in [1.54, 1.807) is 6.20 Å². The van der Waals surface area contributed by atoms with Gasteiger partial charge in [0.05, 0.1) is 5.69 Å². The molecule has 0 radical (unpaired) electrons. The molecule has 0 saturated carbocycles. The summed E-state index contributed by atoms with van der Waals surface area (Å²) in [7, 11) is 0. The van der Waals surface area contributed by atoms with Crippen molar-refractivity contribution in [3.05, 3.63) is 29.0 Å². The molecular weight excluding hydrogens is 248 g/mol. The zero-order valence-electron chi connectivity index (χ0n) is 10.6. The molecule has 0 bridgehead atoms. The van der Waals surface area contributed by atoms with Crippen LogP contribution >= 0.6 is 11.6 Å². The molecule has 4 heteroatoms. The predicted octanol–water partition coefficient (Wildman–Crippen LogP) is 2.74. The van der Waals surface area contributed by atoms with Crippen molar-refractivity contribution < 1.29 is 4.74 Å². The lowest BCUT2D eigenvalue weighted by atomic mass is 9.80. The summed E-state index contributed by atoms with van der Waals surface area (Å²) in [6.45, 7) is 5.15. The topological polar surface area (TPSA) is 25.4 Å². The Hall–Kier alpha value is -0.640. The summed E-state index contributed by atoms with van der Waals surface area (Å²) in [6.07, 6.45) is 5.52. The van der Waals surface area contributed by atoms with Crippen LogP contribution < -0.4 is 0 Å². The molecule has 2 aliphatic heterocycles. The van der Waals surface area contributed by atoms with Crippen LogP contribution in [0.2, 0.25) is 5.02 Å². The molecule has 18 heavy (non-hydrogen) atoms. The number of likely N-dealkylation sites (tertiary alicyclic amines) is 1. The van der Waals surface area contributed by atoms with Crippen LogP contribution in [0.15, 0.2) is 18.3 Å². The maximum atomic E-state index is 6.00. The summed E-state index contributed by atoms with van der Waals surface area (Å²) in [5, 5.41) is 0.778. The number of hydrogen-bond donors (Lipinski definition) is 0. The lowest BCUT2D eigenvalue weighted by Gasteiger charge is -2.33. The maximum Gasteiger partial charge on any atom is 0.0558 e. The molecule has 98 valence electrons. The van der Waals surface area contributed by atoms with Gasteiger partial charge in [0.25, 0.3) is 0 Å². The lowest BCUT2D eigenvalue weighted by molar-refractivity contribution is 0.0190. The highest BCUT2D eigenvalue weighted by atomic mass is 35.5. The minimum atomic E-state index is 0.511. The molecule has 3 heterocycles. The molecular formula is C14H19ClN2O. The Kier molecular flexibility index (Phi) is 3.55. The summed E-state index contributed by atoms with van der Waals surface area (Å²) < 4.78 is 5.48. The van der Waals surface area contributed by atoms with E-state index >= 15 is 0 Å². The van der Waals surface area contributed by atoms with Crippen molar-refractivity contribution in [3.8, 4) is 0 Å². The molecule has 1 spiro atoms. The largest absolute Gasteiger partial charge is 0.381 e. The van der Waals surface area contributed by atoms with E-state index in [4.69, 9.17) is 16.3 Å². The van der Waals surface area contributed by atoms with Gasteiger partial charge in [-0.1, -0.05) is 11.6 Å². The van der Waals surface area contributed by atoms with Crippen LogP contribution in [0, 0.1) is 5.41 Å². The van der Waals surface area contributed by atoms with Gasteiger partial charge < -0.3 is 4.74 Å². The normalized spacial score (nSPS) is 23.6. The fourth-order valence-corrected chi connectivity index (χ4v) is 3.32. The molecule has 2 fully saturated rings. The van der Waals surface area contributed by atoms with Crippen molar-refractivity contribution in [2.75, 3.05) is 26.3 Å². The van der Waals surface area contributed by atoms with E-state index in [0.29, 0.717) is 5.41 Å². The number of rotatable bonds is 2. The molecule has 2 aliphatic rings. The Labute approximate surface area is 113 Å². The van der Waals surface area contributed by atoms with Crippen molar-refractivity contribution in [1.82, 2.24) is 9.88 Å². The first kappa shape index (κ1) is 12.4. The number of aromatic nitrogens is 1. The molecule has 0 amide bonds. The summed E-state index contributed by atoms with van der Waals surface area (Å²) in [6, 6.07) is 3.80. The molecule has 0 aliphatic carbocycles. The van der Waals surface area contributed by atoms with Crippen LogP contribution in [0.1, 0.15) is 25.0 Å². The van der Waals surface area contributed by atoms with Gasteiger partial charge in [0, 0.05) is 37.5 Å². The van der Waals surface area contributed by atoms with Gasteiger partial charge >= 0.3 is 0 Å². The molecule has 0 N–H and O–H groups in total. The first-order chi connectivity index (χ1) is 8.76. The highest BCUT2D eigenvalue weighted by Crippen LogP contribution is 2.39. The fourth-order valence-electron chi connectivity index (χ4n) is 3.14. The third-order valence-corrected chi connectivity index (χ3v) is 4.47. The average Bonchev–Trinajstić information content (AvgIpc) is 2.73. The first-order valence-electron chi connectivity index (χ1n) is 6.66. The van der Waals surface area contributed by atoms with Gasteiger partial charge in [-0.2, -0.15) is 0 Å². The van der Waals surface area contributed by atoms with Gasteiger partial charge in [-0.15, -0.1) is 0 Å². The van der Waals surface area contributed by atoms with E-state index in [1.165, 1.54) is 32.4 Å². The van der Waals surface area contributed by atoms with Crippen LogP contribution in [0.5, 0.6) is 0 Å². The second-order valence-corrected chi connectivity index (χ2v) is 5.97. The molecule has 0 unspecified atom stereocenters. The van der Waals surface area contributed by atoms with Crippen molar-refractivity contribution in [3.63, 3.8) is 0 Å². The molecule has 3 nitrogen and oxygen atoms in total. The average molecular weight is 267 g/mol. The van der Waals surface area contributed by atoms with Crippen LogP contribution in [0.4, 0.5) is 0 Å². The number of ether oxygens (including phenoxy) is 1. The summed E-state index contributed by atoms with van der Waals surface area (Å²) in [5.41, 5.74) is 1.59. The Morgan fingerprint density at radius 2 is 2.17 bits per heavy atom. The van der Waals surface area contributed by atoms with Crippen molar-refractivity contribution in [2.24, 2.45) is 5.41 Å². The van der Waals surface area contributed by atoms with Gasteiger partial charge in [-0.3, -0.25) is 9.88 Å². The second kappa shape index (κ2) is 5.16. The van der Waals surface area contributed by atoms with Gasteiger partial charge in [0.2, 0.25) is 0 Å². The number of pyridine rings is 1. The number of hydrogen-bond acceptors (Lipinski definition) is 3.